The quantitative estimate of drug-likeness (QED) is 0.437. The Kier molecular flexibility index (Phi) is 6.12. The van der Waals surface area contributed by atoms with Crippen LogP contribution in [0.25, 0.3) is 27.8 Å². The second-order valence-corrected chi connectivity index (χ2v) is 9.65. The first kappa shape index (κ1) is 22.4. The molecule has 0 amide bonds. The maximum Gasteiger partial charge on any atom is 0.241 e. The number of pyridine rings is 1. The zero-order valence-corrected chi connectivity index (χ0v) is 20.5. The highest BCUT2D eigenvalue weighted by atomic mass is 16.5. The third-order valence-corrected chi connectivity index (χ3v) is 7.42. The van der Waals surface area contributed by atoms with Gasteiger partial charge in [-0.15, -0.1) is 5.10 Å². The molecule has 35 heavy (non-hydrogen) atoms. The third-order valence-electron chi connectivity index (χ3n) is 7.42. The highest BCUT2D eigenvalue weighted by Crippen LogP contribution is 2.31. The summed E-state index contributed by atoms with van der Waals surface area (Å²) in [7, 11) is 0. The molecule has 0 atom stereocenters. The number of hydrogen-bond acceptors (Lipinski definition) is 7. The van der Waals surface area contributed by atoms with E-state index in [1.807, 2.05) is 23.1 Å². The van der Waals surface area contributed by atoms with Gasteiger partial charge in [0.15, 0.2) is 5.65 Å². The van der Waals surface area contributed by atoms with Gasteiger partial charge in [-0.05, 0) is 64.5 Å². The van der Waals surface area contributed by atoms with Gasteiger partial charge in [0.1, 0.15) is 5.82 Å². The first-order valence-electron chi connectivity index (χ1n) is 12.8. The third kappa shape index (κ3) is 4.38. The lowest BCUT2D eigenvalue weighted by atomic mass is 9.93. The van der Waals surface area contributed by atoms with Crippen LogP contribution in [0.4, 0.5) is 5.95 Å². The van der Waals surface area contributed by atoms with E-state index < -0.39 is 0 Å². The maximum atomic E-state index is 5.77. The number of nitrogens with zero attached hydrogens (tertiary/aromatic N) is 6. The highest BCUT2D eigenvalue weighted by molar-refractivity contribution is 5.85. The second-order valence-electron chi connectivity index (χ2n) is 9.65. The van der Waals surface area contributed by atoms with Gasteiger partial charge >= 0.3 is 0 Å². The number of aryl methyl sites for hydroxylation is 1. The van der Waals surface area contributed by atoms with E-state index in [2.05, 4.69) is 40.8 Å². The van der Waals surface area contributed by atoms with Crippen molar-refractivity contribution >= 4 is 22.6 Å². The molecular weight excluding hydrogens is 442 g/mol. The van der Waals surface area contributed by atoms with E-state index in [4.69, 9.17) is 24.5 Å². The Morgan fingerprint density at radius 1 is 1.06 bits per heavy atom. The Balaban J connectivity index is 1.25. The predicted molar refractivity (Wildman–Crippen MR) is 135 cm³/mol. The number of rotatable bonds is 6. The molecule has 0 radical (unpaired) electrons. The van der Waals surface area contributed by atoms with Crippen LogP contribution in [0, 0.1) is 6.92 Å². The normalized spacial score (nSPS) is 21.7. The molecule has 2 fully saturated rings. The number of aromatic nitrogens is 6. The van der Waals surface area contributed by atoms with Crippen LogP contribution in [0.15, 0.2) is 30.7 Å². The fourth-order valence-corrected chi connectivity index (χ4v) is 5.64. The lowest BCUT2D eigenvalue weighted by Crippen LogP contribution is -2.30. The van der Waals surface area contributed by atoms with Gasteiger partial charge < -0.3 is 19.4 Å². The van der Waals surface area contributed by atoms with Crippen molar-refractivity contribution in [3.63, 3.8) is 0 Å². The largest absolute Gasteiger partial charge is 0.381 e. The molecule has 9 heteroatoms. The van der Waals surface area contributed by atoms with E-state index in [0.717, 1.165) is 92.0 Å². The topological polar surface area (TPSA) is 91.4 Å². The summed E-state index contributed by atoms with van der Waals surface area (Å²) in [5, 5.41) is 8.26. The molecule has 0 bridgehead atoms. The van der Waals surface area contributed by atoms with Crippen molar-refractivity contribution in [2.24, 2.45) is 0 Å². The minimum atomic E-state index is 0.388. The van der Waals surface area contributed by atoms with Gasteiger partial charge in [-0.25, -0.2) is 19.5 Å². The summed E-state index contributed by atoms with van der Waals surface area (Å²) in [6.07, 6.45) is 12.5. The summed E-state index contributed by atoms with van der Waals surface area (Å²) in [6, 6.07) is 5.08. The van der Waals surface area contributed by atoms with E-state index in [1.165, 1.54) is 0 Å². The smallest absolute Gasteiger partial charge is 0.241 e. The summed E-state index contributed by atoms with van der Waals surface area (Å²) < 4.78 is 15.6. The fourth-order valence-electron chi connectivity index (χ4n) is 5.64. The summed E-state index contributed by atoms with van der Waals surface area (Å²) in [5.74, 6) is 1.67. The molecule has 9 nitrogen and oxygen atoms in total. The highest BCUT2D eigenvalue weighted by Gasteiger charge is 2.23. The monoisotopic (exact) mass is 475 g/mol. The van der Waals surface area contributed by atoms with Gasteiger partial charge in [-0.2, -0.15) is 0 Å². The zero-order chi connectivity index (χ0) is 23.8. The molecule has 6 rings (SSSR count). The van der Waals surface area contributed by atoms with Crippen molar-refractivity contribution in [2.45, 2.75) is 70.6 Å². The minimum absolute atomic E-state index is 0.388. The molecule has 1 aliphatic heterocycles. The van der Waals surface area contributed by atoms with Crippen molar-refractivity contribution in [2.75, 3.05) is 25.1 Å². The molecule has 4 aromatic heterocycles. The number of anilines is 1. The Hall–Kier alpha value is -3.04. The van der Waals surface area contributed by atoms with Crippen molar-refractivity contribution < 1.29 is 9.47 Å². The number of hydrogen-bond donors (Lipinski definition) is 1. The molecule has 1 N–H and O–H groups in total. The van der Waals surface area contributed by atoms with Crippen LogP contribution in [0.3, 0.4) is 0 Å². The van der Waals surface area contributed by atoms with Gasteiger partial charge in [-0.3, -0.25) is 0 Å². The zero-order valence-electron chi connectivity index (χ0n) is 20.5. The van der Waals surface area contributed by atoms with Crippen molar-refractivity contribution in [1.29, 1.82) is 0 Å². The number of imidazole rings is 1. The molecule has 184 valence electrons. The van der Waals surface area contributed by atoms with E-state index in [9.17, 15) is 0 Å². The number of ether oxygens (including phenoxy) is 2. The average Bonchev–Trinajstić information content (AvgIpc) is 3.45. The molecular formula is C26H33N7O2. The Morgan fingerprint density at radius 3 is 2.69 bits per heavy atom. The molecule has 4 aromatic rings. The van der Waals surface area contributed by atoms with Crippen LogP contribution in [0.1, 0.15) is 57.3 Å². The molecule has 1 saturated carbocycles. The van der Waals surface area contributed by atoms with Gasteiger partial charge in [-0.1, -0.05) is 0 Å². The maximum absolute atomic E-state index is 5.77. The average molecular weight is 476 g/mol. The van der Waals surface area contributed by atoms with Crippen LogP contribution < -0.4 is 5.32 Å². The first-order valence-corrected chi connectivity index (χ1v) is 12.8. The van der Waals surface area contributed by atoms with Crippen LogP contribution in [-0.2, 0) is 9.47 Å². The fraction of sp³-hybridized carbons (Fsp3) is 0.538. The molecule has 5 heterocycles. The van der Waals surface area contributed by atoms with E-state index in [0.29, 0.717) is 24.1 Å². The van der Waals surface area contributed by atoms with Crippen LogP contribution in [-0.4, -0.2) is 61.1 Å². The van der Waals surface area contributed by atoms with Crippen molar-refractivity contribution in [1.82, 2.24) is 29.1 Å². The van der Waals surface area contributed by atoms with Crippen LogP contribution >= 0.6 is 0 Å². The van der Waals surface area contributed by atoms with E-state index >= 15 is 0 Å². The first-order chi connectivity index (χ1) is 17.2. The molecule has 1 aliphatic carbocycles. The Labute approximate surface area is 204 Å². The lowest BCUT2D eigenvalue weighted by molar-refractivity contribution is 0.0346. The number of nitrogens with one attached hydrogen (secondary N) is 1. The summed E-state index contributed by atoms with van der Waals surface area (Å²) in [6.45, 7) is 6.51. The molecule has 0 aromatic carbocycles. The molecule has 2 aliphatic rings. The lowest BCUT2D eigenvalue weighted by Gasteiger charge is -2.28. The van der Waals surface area contributed by atoms with Gasteiger partial charge in [0.25, 0.3) is 0 Å². The number of fused-ring (bicyclic) bond motifs is 2. The second kappa shape index (κ2) is 9.54. The minimum Gasteiger partial charge on any atom is -0.381 e. The molecule has 0 spiro atoms. The molecule has 1 saturated heterocycles. The molecule has 0 unspecified atom stereocenters. The summed E-state index contributed by atoms with van der Waals surface area (Å²) in [5.41, 5.74) is 4.95. The SMILES string of the molecule is CCO[C@H]1CC[C@@H](Nc2ncc3c(-c4cnc5nc(C)n(C6CCOCC6)c5c4)ccn3n2)CC1. The van der Waals surface area contributed by atoms with Crippen LogP contribution in [0.5, 0.6) is 0 Å². The van der Waals surface area contributed by atoms with E-state index in [-0.39, 0.29) is 0 Å². The van der Waals surface area contributed by atoms with Crippen LogP contribution in [0.2, 0.25) is 0 Å². The summed E-state index contributed by atoms with van der Waals surface area (Å²) in [4.78, 5) is 14.1. The van der Waals surface area contributed by atoms with Gasteiger partial charge in [0.05, 0.1) is 23.3 Å². The van der Waals surface area contributed by atoms with Crippen molar-refractivity contribution in [3.8, 4) is 11.1 Å². The summed E-state index contributed by atoms with van der Waals surface area (Å²) >= 11 is 0. The van der Waals surface area contributed by atoms with E-state index in [1.54, 1.807) is 0 Å². The van der Waals surface area contributed by atoms with Gasteiger partial charge in [0, 0.05) is 55.4 Å². The Bertz CT molecular complexity index is 1320. The van der Waals surface area contributed by atoms with Gasteiger partial charge in [0.2, 0.25) is 5.95 Å². The standard InChI is InChI=1S/C26H33N7O2/c1-3-35-21-6-4-19(5-7-21)30-26-28-16-24-22(8-11-32(24)31-26)18-14-23-25(27-15-18)29-17(2)33(23)20-9-12-34-13-10-20/h8,11,14-16,19-21H,3-7,9-10,12-13H2,1-2H3,(H,30,31)/t19-,21+. The predicted octanol–water partition coefficient (Wildman–Crippen LogP) is 4.56. The van der Waals surface area contributed by atoms with Crippen molar-refractivity contribution in [3.05, 3.63) is 36.5 Å². The Morgan fingerprint density at radius 2 is 1.89 bits per heavy atom.